The van der Waals surface area contributed by atoms with Crippen LogP contribution in [0.25, 0.3) is 11.1 Å². The second-order valence-electron chi connectivity index (χ2n) is 9.06. The van der Waals surface area contributed by atoms with Crippen molar-refractivity contribution in [3.8, 4) is 34.6 Å². The van der Waals surface area contributed by atoms with E-state index in [1.807, 2.05) is 24.4 Å². The number of hydrogen-bond donors (Lipinski definition) is 2. The van der Waals surface area contributed by atoms with E-state index in [0.717, 1.165) is 33.6 Å². The highest BCUT2D eigenvalue weighted by molar-refractivity contribution is 5.70. The summed E-state index contributed by atoms with van der Waals surface area (Å²) in [6.45, 7) is 6.92. The van der Waals surface area contributed by atoms with Crippen LogP contribution >= 0.6 is 0 Å². The van der Waals surface area contributed by atoms with Crippen molar-refractivity contribution in [2.24, 2.45) is 11.1 Å². The van der Waals surface area contributed by atoms with Gasteiger partial charge in [0.25, 0.3) is 0 Å². The van der Waals surface area contributed by atoms with Crippen LogP contribution in [0.1, 0.15) is 37.5 Å². The predicted molar refractivity (Wildman–Crippen MR) is 121 cm³/mol. The monoisotopic (exact) mass is 408 g/mol. The molecule has 0 saturated carbocycles. The van der Waals surface area contributed by atoms with Crippen molar-refractivity contribution in [3.63, 3.8) is 0 Å². The third kappa shape index (κ3) is 3.40. The molecule has 0 amide bonds. The molecular formula is C26H24N4O. The van der Waals surface area contributed by atoms with E-state index in [-0.39, 0.29) is 5.41 Å². The SMILES string of the molecule is CC(C)(C)C#Cc1cnc2c(c1)[C@]1(C=C(N)NC1)c1cc(-c3cccnc3)ccc1O2. The fourth-order valence-electron chi connectivity index (χ4n) is 4.07. The third-order valence-electron chi connectivity index (χ3n) is 5.55. The van der Waals surface area contributed by atoms with Gasteiger partial charge in [-0.2, -0.15) is 0 Å². The smallest absolute Gasteiger partial charge is 0.223 e. The maximum absolute atomic E-state index is 6.22. The number of nitrogens with two attached hydrogens (primary N) is 1. The number of benzene rings is 1. The topological polar surface area (TPSA) is 73.1 Å². The Morgan fingerprint density at radius 1 is 1.10 bits per heavy atom. The molecule has 1 atom stereocenters. The van der Waals surface area contributed by atoms with Gasteiger partial charge in [-0.05, 0) is 56.7 Å². The number of pyridine rings is 2. The van der Waals surface area contributed by atoms with Crippen LogP contribution in [-0.2, 0) is 5.41 Å². The first-order chi connectivity index (χ1) is 14.8. The fourth-order valence-corrected chi connectivity index (χ4v) is 4.07. The van der Waals surface area contributed by atoms with Crippen LogP contribution in [0.3, 0.4) is 0 Å². The Labute approximate surface area is 182 Å². The maximum Gasteiger partial charge on any atom is 0.223 e. The lowest BCUT2D eigenvalue weighted by atomic mass is 9.73. The fraction of sp³-hybridized carbons (Fsp3) is 0.231. The molecule has 154 valence electrons. The summed E-state index contributed by atoms with van der Waals surface area (Å²) < 4.78 is 6.22. The Hall–Kier alpha value is -3.78. The minimum Gasteiger partial charge on any atom is -0.438 e. The van der Waals surface area contributed by atoms with Gasteiger partial charge in [0.1, 0.15) is 5.75 Å². The summed E-state index contributed by atoms with van der Waals surface area (Å²) >= 11 is 0. The maximum atomic E-state index is 6.22. The molecule has 3 N–H and O–H groups in total. The van der Waals surface area contributed by atoms with E-state index in [2.05, 4.69) is 72.2 Å². The largest absolute Gasteiger partial charge is 0.438 e. The average molecular weight is 409 g/mol. The number of fused-ring (bicyclic) bond motifs is 4. The Bertz CT molecular complexity index is 1260. The van der Waals surface area contributed by atoms with Gasteiger partial charge in [-0.1, -0.05) is 24.0 Å². The van der Waals surface area contributed by atoms with Crippen LogP contribution in [0.15, 0.2) is 66.9 Å². The highest BCUT2D eigenvalue weighted by Gasteiger charge is 2.44. The lowest BCUT2D eigenvalue weighted by molar-refractivity contribution is 0.407. The molecule has 2 aromatic heterocycles. The van der Waals surface area contributed by atoms with E-state index < -0.39 is 5.41 Å². The predicted octanol–water partition coefficient (Wildman–Crippen LogP) is 4.34. The molecule has 4 heterocycles. The van der Waals surface area contributed by atoms with Crippen molar-refractivity contribution in [2.45, 2.75) is 26.2 Å². The van der Waals surface area contributed by atoms with Crippen molar-refractivity contribution in [1.29, 1.82) is 0 Å². The molecule has 2 aliphatic rings. The third-order valence-corrected chi connectivity index (χ3v) is 5.55. The van der Waals surface area contributed by atoms with Gasteiger partial charge >= 0.3 is 0 Å². The molecule has 5 nitrogen and oxygen atoms in total. The second-order valence-corrected chi connectivity index (χ2v) is 9.06. The summed E-state index contributed by atoms with van der Waals surface area (Å²) in [5, 5.41) is 3.30. The summed E-state index contributed by atoms with van der Waals surface area (Å²) in [5.41, 5.74) is 10.7. The summed E-state index contributed by atoms with van der Waals surface area (Å²) in [6.07, 6.45) is 7.49. The standard InChI is InChI=1S/C26H24N4O/c1-25(2,3)9-8-17-11-21-24(29-14-17)31-22-7-6-18(19-5-4-10-28-15-19)12-20(22)26(21)13-23(27)30-16-26/h4-7,10-15,30H,16,27H2,1-3H3/t26-/m0/s1. The molecule has 5 rings (SSSR count). The first kappa shape index (κ1) is 19.2. The number of aromatic nitrogens is 2. The highest BCUT2D eigenvalue weighted by atomic mass is 16.5. The van der Waals surface area contributed by atoms with Crippen molar-refractivity contribution in [2.75, 3.05) is 6.54 Å². The molecule has 0 saturated heterocycles. The number of hydrogen-bond acceptors (Lipinski definition) is 5. The van der Waals surface area contributed by atoms with Crippen LogP contribution in [0.2, 0.25) is 0 Å². The highest BCUT2D eigenvalue weighted by Crippen LogP contribution is 2.50. The molecule has 31 heavy (non-hydrogen) atoms. The van der Waals surface area contributed by atoms with Crippen LogP contribution < -0.4 is 15.8 Å². The van der Waals surface area contributed by atoms with E-state index in [0.29, 0.717) is 18.2 Å². The molecule has 1 aromatic carbocycles. The van der Waals surface area contributed by atoms with Crippen molar-refractivity contribution >= 4 is 0 Å². The molecule has 0 fully saturated rings. The Morgan fingerprint density at radius 3 is 2.68 bits per heavy atom. The summed E-state index contributed by atoms with van der Waals surface area (Å²) in [4.78, 5) is 8.87. The number of nitrogens with one attached hydrogen (secondary N) is 1. The summed E-state index contributed by atoms with van der Waals surface area (Å²) in [6, 6.07) is 12.3. The quantitative estimate of drug-likeness (QED) is 0.586. The molecule has 0 aliphatic carbocycles. The molecule has 3 aromatic rings. The minimum atomic E-state index is -0.475. The van der Waals surface area contributed by atoms with Crippen molar-refractivity contribution < 1.29 is 4.74 Å². The Morgan fingerprint density at radius 2 is 1.97 bits per heavy atom. The van der Waals surface area contributed by atoms with Crippen molar-refractivity contribution in [1.82, 2.24) is 15.3 Å². The van der Waals surface area contributed by atoms with Gasteiger partial charge in [-0.3, -0.25) is 4.98 Å². The van der Waals surface area contributed by atoms with E-state index in [4.69, 9.17) is 10.5 Å². The molecule has 2 aliphatic heterocycles. The second kappa shape index (κ2) is 6.88. The van der Waals surface area contributed by atoms with Crippen molar-refractivity contribution in [3.05, 3.63) is 83.6 Å². The summed E-state index contributed by atoms with van der Waals surface area (Å²) in [5.74, 6) is 8.58. The van der Waals surface area contributed by atoms with Gasteiger partial charge in [-0.25, -0.2) is 4.98 Å². The summed E-state index contributed by atoms with van der Waals surface area (Å²) in [7, 11) is 0. The molecule has 0 unspecified atom stereocenters. The van der Waals surface area contributed by atoms with Crippen LogP contribution in [0, 0.1) is 17.3 Å². The van der Waals surface area contributed by atoms with Crippen LogP contribution in [0.5, 0.6) is 11.6 Å². The average Bonchev–Trinajstić information content (AvgIpc) is 3.15. The lowest BCUT2D eigenvalue weighted by Crippen LogP contribution is -2.34. The Balaban J connectivity index is 1.69. The van der Waals surface area contributed by atoms with Crippen LogP contribution in [0.4, 0.5) is 0 Å². The van der Waals surface area contributed by atoms with E-state index in [1.165, 1.54) is 0 Å². The van der Waals surface area contributed by atoms with E-state index in [9.17, 15) is 0 Å². The minimum absolute atomic E-state index is 0.0887. The number of rotatable bonds is 1. The zero-order valence-corrected chi connectivity index (χ0v) is 17.9. The number of nitrogens with zero attached hydrogens (tertiary/aromatic N) is 2. The van der Waals surface area contributed by atoms with Gasteiger partial charge < -0.3 is 15.8 Å². The first-order valence-electron chi connectivity index (χ1n) is 10.3. The molecular weight excluding hydrogens is 384 g/mol. The molecule has 0 radical (unpaired) electrons. The lowest BCUT2D eigenvalue weighted by Gasteiger charge is -2.35. The molecule has 0 bridgehead atoms. The Kier molecular flexibility index (Phi) is 4.26. The van der Waals surface area contributed by atoms with Gasteiger partial charge in [-0.15, -0.1) is 0 Å². The van der Waals surface area contributed by atoms with Gasteiger partial charge in [0.05, 0.1) is 11.2 Å². The number of ether oxygens (including phenoxy) is 1. The van der Waals surface area contributed by atoms with E-state index >= 15 is 0 Å². The van der Waals surface area contributed by atoms with Crippen LogP contribution in [-0.4, -0.2) is 16.5 Å². The zero-order valence-electron chi connectivity index (χ0n) is 17.9. The van der Waals surface area contributed by atoms with E-state index in [1.54, 1.807) is 12.4 Å². The van der Waals surface area contributed by atoms with Gasteiger partial charge in [0, 0.05) is 52.8 Å². The normalized spacial score (nSPS) is 18.7. The van der Waals surface area contributed by atoms with Gasteiger partial charge in [0.2, 0.25) is 5.88 Å². The molecule has 5 heteroatoms. The first-order valence-corrected chi connectivity index (χ1v) is 10.3. The zero-order chi connectivity index (χ0) is 21.6. The molecule has 1 spiro atoms. The van der Waals surface area contributed by atoms with Gasteiger partial charge in [0.15, 0.2) is 0 Å².